The Balaban J connectivity index is 1.46. The molecule has 2 aromatic rings. The summed E-state index contributed by atoms with van der Waals surface area (Å²) in [5.74, 6) is 0.0193. The number of amides is 2. The Morgan fingerprint density at radius 1 is 0.923 bits per heavy atom. The van der Waals surface area contributed by atoms with Gasteiger partial charge in [0.05, 0.1) is 0 Å². The summed E-state index contributed by atoms with van der Waals surface area (Å²) < 4.78 is 0. The third-order valence-electron chi connectivity index (χ3n) is 5.19. The molecule has 4 heteroatoms. The molecule has 2 heterocycles. The lowest BCUT2D eigenvalue weighted by atomic mass is 10.1. The summed E-state index contributed by atoms with van der Waals surface area (Å²) in [6.45, 7) is 1.89. The minimum absolute atomic E-state index is 0.0445. The molecule has 0 bridgehead atoms. The second-order valence-electron chi connectivity index (χ2n) is 6.84. The molecule has 2 amide bonds. The van der Waals surface area contributed by atoms with E-state index >= 15 is 0 Å². The van der Waals surface area contributed by atoms with Crippen molar-refractivity contribution in [2.75, 3.05) is 19.6 Å². The number of likely N-dealkylation sites (tertiary alicyclic amines) is 1. The molecule has 1 saturated heterocycles. The largest absolute Gasteiger partial charge is 0.333 e. The third kappa shape index (κ3) is 3.15. The van der Waals surface area contributed by atoms with E-state index in [-0.39, 0.29) is 17.9 Å². The maximum Gasteiger partial charge on any atom is 0.254 e. The van der Waals surface area contributed by atoms with E-state index in [9.17, 15) is 9.59 Å². The summed E-state index contributed by atoms with van der Waals surface area (Å²) in [6, 6.07) is 19.0. The molecule has 1 unspecified atom stereocenters. The van der Waals surface area contributed by atoms with Crippen molar-refractivity contribution in [1.29, 1.82) is 0 Å². The molecule has 2 aromatic carbocycles. The van der Waals surface area contributed by atoms with Crippen LogP contribution in [0.4, 0.5) is 0 Å². The molecule has 26 heavy (non-hydrogen) atoms. The highest BCUT2D eigenvalue weighted by molar-refractivity contribution is 5.98. The predicted octanol–water partition coefficient (Wildman–Crippen LogP) is 3.22. The van der Waals surface area contributed by atoms with Gasteiger partial charge in [-0.2, -0.15) is 0 Å². The summed E-state index contributed by atoms with van der Waals surface area (Å²) in [6.07, 6.45) is 3.74. The molecular weight excluding hydrogens is 324 g/mol. The number of carbonyl (C=O) groups excluding carboxylic acids is 2. The Morgan fingerprint density at radius 3 is 2.35 bits per heavy atom. The van der Waals surface area contributed by atoms with E-state index in [1.165, 1.54) is 5.57 Å². The lowest BCUT2D eigenvalue weighted by Gasteiger charge is -2.28. The Morgan fingerprint density at radius 2 is 1.62 bits per heavy atom. The Bertz CT molecular complexity index is 830. The van der Waals surface area contributed by atoms with Gasteiger partial charge in [0.15, 0.2) is 0 Å². The zero-order valence-electron chi connectivity index (χ0n) is 14.7. The van der Waals surface area contributed by atoms with Gasteiger partial charge in [-0.3, -0.25) is 9.59 Å². The summed E-state index contributed by atoms with van der Waals surface area (Å²) in [7, 11) is 0. The van der Waals surface area contributed by atoms with Gasteiger partial charge in [-0.25, -0.2) is 0 Å². The first-order valence-corrected chi connectivity index (χ1v) is 9.13. The highest BCUT2D eigenvalue weighted by Crippen LogP contribution is 2.26. The lowest BCUT2D eigenvalue weighted by molar-refractivity contribution is -0.133. The topological polar surface area (TPSA) is 40.6 Å². The summed E-state index contributed by atoms with van der Waals surface area (Å²) in [5, 5.41) is 0. The average Bonchev–Trinajstić information content (AvgIpc) is 3.38. The fourth-order valence-electron chi connectivity index (χ4n) is 3.81. The molecule has 2 aliphatic heterocycles. The van der Waals surface area contributed by atoms with Gasteiger partial charge in [0.2, 0.25) is 5.91 Å². The predicted molar refractivity (Wildman–Crippen MR) is 101 cm³/mol. The molecule has 4 rings (SSSR count). The van der Waals surface area contributed by atoms with Crippen LogP contribution in [0.2, 0.25) is 0 Å². The van der Waals surface area contributed by atoms with Crippen LogP contribution in [0.25, 0.3) is 5.57 Å². The number of hydrogen-bond acceptors (Lipinski definition) is 2. The smallest absolute Gasteiger partial charge is 0.254 e. The van der Waals surface area contributed by atoms with Crippen molar-refractivity contribution in [2.24, 2.45) is 0 Å². The van der Waals surface area contributed by atoms with Crippen molar-refractivity contribution in [3.8, 4) is 0 Å². The van der Waals surface area contributed by atoms with Crippen LogP contribution >= 0.6 is 0 Å². The van der Waals surface area contributed by atoms with E-state index in [4.69, 9.17) is 0 Å². The first kappa shape index (κ1) is 16.6. The molecule has 0 saturated carbocycles. The number of benzene rings is 2. The number of carbonyl (C=O) groups is 2. The maximum atomic E-state index is 13.1. The van der Waals surface area contributed by atoms with Crippen LogP contribution in [0.3, 0.4) is 0 Å². The van der Waals surface area contributed by atoms with Gasteiger partial charge >= 0.3 is 0 Å². The van der Waals surface area contributed by atoms with Crippen LogP contribution in [0.5, 0.6) is 0 Å². The fourth-order valence-corrected chi connectivity index (χ4v) is 3.81. The van der Waals surface area contributed by atoms with Gasteiger partial charge in [0.1, 0.15) is 6.04 Å². The minimum Gasteiger partial charge on any atom is -0.333 e. The zero-order chi connectivity index (χ0) is 17.9. The number of rotatable bonds is 3. The Kier molecular flexibility index (Phi) is 4.57. The van der Waals surface area contributed by atoms with E-state index in [0.717, 1.165) is 18.4 Å². The van der Waals surface area contributed by atoms with Crippen molar-refractivity contribution in [3.05, 3.63) is 77.9 Å². The van der Waals surface area contributed by atoms with Crippen molar-refractivity contribution >= 4 is 17.4 Å². The zero-order valence-corrected chi connectivity index (χ0v) is 14.7. The molecule has 1 atom stereocenters. The highest BCUT2D eigenvalue weighted by atomic mass is 16.2. The van der Waals surface area contributed by atoms with E-state index in [1.54, 1.807) is 4.90 Å². The van der Waals surface area contributed by atoms with Crippen molar-refractivity contribution in [1.82, 2.24) is 9.80 Å². The molecular formula is C22H22N2O2. The normalized spacial score (nSPS) is 19.5. The molecule has 0 spiro atoms. The number of hydrogen-bond donors (Lipinski definition) is 0. The van der Waals surface area contributed by atoms with Gasteiger partial charge in [-0.15, -0.1) is 0 Å². The van der Waals surface area contributed by atoms with E-state index in [1.807, 2.05) is 53.4 Å². The van der Waals surface area contributed by atoms with Gasteiger partial charge in [-0.05, 0) is 36.1 Å². The third-order valence-corrected chi connectivity index (χ3v) is 5.19. The maximum absolute atomic E-state index is 13.1. The Hall–Kier alpha value is -2.88. The number of nitrogens with zero attached hydrogens (tertiary/aromatic N) is 2. The summed E-state index contributed by atoms with van der Waals surface area (Å²) in [4.78, 5) is 29.5. The monoisotopic (exact) mass is 346 g/mol. The van der Waals surface area contributed by atoms with Crippen LogP contribution in [-0.4, -0.2) is 47.3 Å². The molecule has 0 aromatic heterocycles. The van der Waals surface area contributed by atoms with E-state index < -0.39 is 0 Å². The van der Waals surface area contributed by atoms with Crippen LogP contribution in [-0.2, 0) is 4.79 Å². The SMILES string of the molecule is O=C(C1CCCN1C(=O)c1ccccc1)N1CC=C(c2ccccc2)C1. The molecule has 1 fully saturated rings. The summed E-state index contributed by atoms with van der Waals surface area (Å²) >= 11 is 0. The lowest BCUT2D eigenvalue weighted by Crippen LogP contribution is -2.47. The molecule has 0 radical (unpaired) electrons. The van der Waals surface area contributed by atoms with Crippen molar-refractivity contribution in [2.45, 2.75) is 18.9 Å². The van der Waals surface area contributed by atoms with Crippen molar-refractivity contribution < 1.29 is 9.59 Å². The first-order chi connectivity index (χ1) is 12.7. The molecule has 4 nitrogen and oxygen atoms in total. The minimum atomic E-state index is -0.341. The van der Waals surface area contributed by atoms with Crippen LogP contribution in [0, 0.1) is 0 Å². The van der Waals surface area contributed by atoms with Crippen LogP contribution in [0.15, 0.2) is 66.7 Å². The fraction of sp³-hybridized carbons (Fsp3) is 0.273. The van der Waals surface area contributed by atoms with Gasteiger partial charge in [0.25, 0.3) is 5.91 Å². The second-order valence-corrected chi connectivity index (χ2v) is 6.84. The highest BCUT2D eigenvalue weighted by Gasteiger charge is 2.37. The molecule has 132 valence electrons. The first-order valence-electron chi connectivity index (χ1n) is 9.13. The standard InChI is InChI=1S/C22H22N2O2/c25-21(18-10-5-2-6-11-18)24-14-7-12-20(24)22(26)23-15-13-19(16-23)17-8-3-1-4-9-17/h1-6,8-11,13,20H,7,12,14-16H2. The quantitative estimate of drug-likeness (QED) is 0.856. The molecule has 0 N–H and O–H groups in total. The van der Waals surface area contributed by atoms with Crippen LogP contribution in [0.1, 0.15) is 28.8 Å². The van der Waals surface area contributed by atoms with Crippen LogP contribution < -0.4 is 0 Å². The van der Waals surface area contributed by atoms with Gasteiger partial charge in [0, 0.05) is 25.2 Å². The van der Waals surface area contributed by atoms with Crippen molar-refractivity contribution in [3.63, 3.8) is 0 Å². The van der Waals surface area contributed by atoms with E-state index in [0.29, 0.717) is 25.2 Å². The second kappa shape index (κ2) is 7.16. The summed E-state index contributed by atoms with van der Waals surface area (Å²) in [5.41, 5.74) is 2.99. The average molecular weight is 346 g/mol. The van der Waals surface area contributed by atoms with E-state index in [2.05, 4.69) is 18.2 Å². The molecule has 0 aliphatic carbocycles. The van der Waals surface area contributed by atoms with Gasteiger partial charge < -0.3 is 9.80 Å². The Labute approximate surface area is 153 Å². The molecule has 2 aliphatic rings. The van der Waals surface area contributed by atoms with Gasteiger partial charge in [-0.1, -0.05) is 54.6 Å².